The number of carbonyl (C=O) groups is 4. The van der Waals surface area contributed by atoms with Gasteiger partial charge >= 0.3 is 70.8 Å². The molecule has 4 amide bonds. The molecule has 0 spiro atoms. The summed E-state index contributed by atoms with van der Waals surface area (Å²) >= 11 is 0. The number of carbonyl (C=O) groups excluding carboxylic acids is 6. The van der Waals surface area contributed by atoms with Crippen LogP contribution in [0.25, 0.3) is 0 Å². The van der Waals surface area contributed by atoms with Gasteiger partial charge in [0.1, 0.15) is 38.6 Å². The van der Waals surface area contributed by atoms with Gasteiger partial charge in [0, 0.05) is 132 Å². The number of aromatic nitrogens is 6. The average molecular weight is 1810 g/mol. The molecule has 0 aromatic carbocycles. The Balaban J connectivity index is 0.000000934. The molecule has 0 saturated carbocycles. The number of nitrogens with zero attached hydrogens (tertiary/aromatic N) is 8. The van der Waals surface area contributed by atoms with Crippen molar-refractivity contribution >= 4 is 36.5 Å². The van der Waals surface area contributed by atoms with E-state index < -0.39 is 70.8 Å². The van der Waals surface area contributed by atoms with Gasteiger partial charge in [-0.15, -0.1) is 0 Å². The van der Waals surface area contributed by atoms with Crippen LogP contribution >= 0.6 is 0 Å². The van der Waals surface area contributed by atoms with E-state index in [0.29, 0.717) is 182 Å². The van der Waals surface area contributed by atoms with Crippen molar-refractivity contribution in [2.24, 2.45) is 55.9 Å². The number of epoxide rings is 2. The quantitative estimate of drug-likeness (QED) is 0.00883. The number of hydrogen-bond acceptors (Lipinski definition) is 38. The highest BCUT2D eigenvalue weighted by molar-refractivity contribution is 5.68. The minimum absolute atomic E-state index is 0.00945. The van der Waals surface area contributed by atoms with E-state index in [1.54, 1.807) is 0 Å². The zero-order chi connectivity index (χ0) is 92.8. The first-order valence-corrected chi connectivity index (χ1v) is 43.8. The largest absolute Gasteiger partial charge is 0.447 e. The van der Waals surface area contributed by atoms with Crippen molar-refractivity contribution < 1.29 is 105 Å². The predicted octanol–water partition coefficient (Wildman–Crippen LogP) is -1.63. The molecule has 2 atom stereocenters. The van der Waals surface area contributed by atoms with Gasteiger partial charge in [-0.3, -0.25) is 0 Å². The van der Waals surface area contributed by atoms with Crippen molar-refractivity contribution in [2.75, 3.05) is 212 Å². The van der Waals surface area contributed by atoms with Gasteiger partial charge in [-0.05, 0) is 77.0 Å². The highest BCUT2D eigenvalue weighted by Gasteiger charge is 2.37. The molecule has 4 rings (SSSR count). The molecule has 2 aliphatic rings. The smallest absolute Gasteiger partial charge is 0.412 e. The summed E-state index contributed by atoms with van der Waals surface area (Å²) in [5.41, 5.74) is 39.2. The number of nitrogens with two attached hydrogens (primary N) is 8. The van der Waals surface area contributed by atoms with E-state index in [-0.39, 0.29) is 131 Å². The number of methoxy groups -OCH3 is 2. The number of alkyl carbamates (subject to hydrolysis) is 4. The first-order chi connectivity index (χ1) is 61.3. The highest BCUT2D eigenvalue weighted by atomic mass is 17.0. The second kappa shape index (κ2) is 77.9. The number of hydrogen-bond donors (Lipinski definition) is 12. The van der Waals surface area contributed by atoms with Crippen LogP contribution in [0.2, 0.25) is 0 Å². The Labute approximate surface area is 735 Å². The second-order valence-electron chi connectivity index (χ2n) is 28.2. The molecule has 4 heterocycles. The lowest BCUT2D eigenvalue weighted by Gasteiger charge is -2.31. The van der Waals surface area contributed by atoms with Crippen molar-refractivity contribution in [3.63, 3.8) is 0 Å². The Kier molecular flexibility index (Phi) is 71.7. The summed E-state index contributed by atoms with van der Waals surface area (Å²) in [5.74, 6) is 0. The van der Waals surface area contributed by atoms with Gasteiger partial charge in [0.25, 0.3) is 0 Å². The van der Waals surface area contributed by atoms with Crippen LogP contribution in [0.5, 0.6) is 0 Å². The lowest BCUT2D eigenvalue weighted by Crippen LogP contribution is -2.54. The highest BCUT2D eigenvalue weighted by Crippen LogP contribution is 2.19. The summed E-state index contributed by atoms with van der Waals surface area (Å²) in [6, 6.07) is 0. The van der Waals surface area contributed by atoms with Gasteiger partial charge in [0.05, 0.1) is 92.4 Å². The average Bonchev–Trinajstić information content (AvgIpc) is 1.10. The molecule has 2 fully saturated rings. The van der Waals surface area contributed by atoms with E-state index in [4.69, 9.17) is 122 Å². The number of ether oxygens (including phenoxy) is 16. The van der Waals surface area contributed by atoms with Crippen LogP contribution in [0, 0.1) is 0 Å². The summed E-state index contributed by atoms with van der Waals surface area (Å²) in [4.78, 5) is 153. The van der Waals surface area contributed by atoms with Gasteiger partial charge < -0.3 is 143 Å². The summed E-state index contributed by atoms with van der Waals surface area (Å²) in [6.07, 6.45) is 14.6. The fourth-order valence-corrected chi connectivity index (χ4v) is 11.3. The number of aliphatic imine (C=N–C) groups is 2. The molecule has 2 unspecified atom stereocenters. The molecular formula is C78H148N20O28. The fourth-order valence-electron chi connectivity index (χ4n) is 11.3. The Morgan fingerprint density at radius 1 is 0.317 bits per heavy atom. The van der Waals surface area contributed by atoms with Crippen molar-refractivity contribution in [3.8, 4) is 0 Å². The second-order valence-corrected chi connectivity index (χ2v) is 28.2. The van der Waals surface area contributed by atoms with Crippen LogP contribution in [0.1, 0.15) is 154 Å². The van der Waals surface area contributed by atoms with Gasteiger partial charge in [-0.2, -0.15) is 0 Å². The number of amides is 4. The molecule has 20 N–H and O–H groups in total. The summed E-state index contributed by atoms with van der Waals surface area (Å²) in [6.45, 7) is 10.7. The van der Waals surface area contributed by atoms with E-state index in [9.17, 15) is 57.5 Å². The fraction of sp³-hybridized carbons (Fsp3) is 0.846. The van der Waals surface area contributed by atoms with E-state index >= 15 is 0 Å². The Morgan fingerprint density at radius 3 is 0.706 bits per heavy atom. The maximum absolute atomic E-state index is 13.4. The van der Waals surface area contributed by atoms with Crippen molar-refractivity contribution in [1.82, 2.24) is 48.7 Å². The molecule has 2 aliphatic heterocycles. The summed E-state index contributed by atoms with van der Waals surface area (Å²) in [7, 11) is 3.05. The SMILES string of the molecule is COCCOC(=O)NCCCCCCn1c(=O)n(CCCCCCN=C=O)c(=O)n(CCCCCCN=C=O)c1=O.COCCOC(=O)NCCCCCCn1c(=O)n(CCCCCCNC(=O)OCC2CO2)c(=O)n(CCCCCCNC(=O)OCC2CO2)c1=O.NCCOC(OCCN)(OCCN)OCCN.NCCOC(OCCN)(OCCN)OCCN. The summed E-state index contributed by atoms with van der Waals surface area (Å²) in [5, 5.41) is 10.7. The van der Waals surface area contributed by atoms with Crippen LogP contribution in [-0.4, -0.2) is 300 Å². The number of rotatable bonds is 76. The standard InChI is InChI=1S/C33H56N6O12.C27H44N6O8.2C9H24N4O4/c1-46-20-21-47-28(40)34-14-8-2-5-11-17-37-31(43)38(18-12-6-3-9-15-35-29(41)50-24-26-22-48-26)33(45)39(32(37)44)19-13-7-4-10-16-36-30(42)51-25-27-23-49-27;1-40-20-21-41-24(36)30-16-10-4-7-13-19-33-26(38)31(17-11-5-2-8-14-28-22-34)25(37)32(27(33)39)18-12-6-3-9-15-29-23-35;2*10-1-5-14-9(15-6-2-11,16-7-3-12)17-8-4-13/h26-27H,2-25H2,1H3,(H,34,40)(H,35,41)(H,36,42);2-21H2,1H3,(H,30,36);2*1-8,10-13H2. The van der Waals surface area contributed by atoms with Crippen LogP contribution in [-0.2, 0) is 125 Å². The molecular weight excluding hydrogens is 1660 g/mol. The summed E-state index contributed by atoms with van der Waals surface area (Å²) < 4.78 is 89.1. The zero-order valence-electron chi connectivity index (χ0n) is 74.2. The minimum atomic E-state index is -1.61. The lowest BCUT2D eigenvalue weighted by atomic mass is 10.2. The predicted molar refractivity (Wildman–Crippen MR) is 461 cm³/mol. The Morgan fingerprint density at radius 2 is 0.516 bits per heavy atom. The number of isocyanates is 2. The van der Waals surface area contributed by atoms with Gasteiger partial charge in [-0.25, -0.2) is 94.9 Å². The van der Waals surface area contributed by atoms with Crippen LogP contribution < -0.4 is 101 Å². The molecule has 2 aromatic heterocycles. The zero-order valence-corrected chi connectivity index (χ0v) is 74.2. The monoisotopic (exact) mass is 1810 g/mol. The molecule has 126 heavy (non-hydrogen) atoms. The number of unbranched alkanes of at least 4 members (excludes halogenated alkanes) is 18. The third kappa shape index (κ3) is 56.9. The van der Waals surface area contributed by atoms with Crippen LogP contribution in [0.4, 0.5) is 19.2 Å². The lowest BCUT2D eigenvalue weighted by molar-refractivity contribution is -0.497. The molecule has 48 nitrogen and oxygen atoms in total. The molecule has 0 bridgehead atoms. The topological polar surface area (TPSA) is 670 Å². The molecule has 48 heteroatoms. The van der Waals surface area contributed by atoms with Crippen LogP contribution in [0.3, 0.4) is 0 Å². The van der Waals surface area contributed by atoms with Crippen molar-refractivity contribution in [2.45, 2.75) is 218 Å². The van der Waals surface area contributed by atoms with Gasteiger partial charge in [0.15, 0.2) is 0 Å². The molecule has 728 valence electrons. The van der Waals surface area contributed by atoms with E-state index in [0.717, 1.165) is 117 Å². The van der Waals surface area contributed by atoms with Crippen molar-refractivity contribution in [3.05, 3.63) is 62.9 Å². The van der Waals surface area contributed by atoms with E-state index in [1.807, 2.05) is 0 Å². The maximum atomic E-state index is 13.4. The third-order valence-corrected chi connectivity index (χ3v) is 17.8. The first-order valence-electron chi connectivity index (χ1n) is 43.8. The Hall–Kier alpha value is -8.14. The van der Waals surface area contributed by atoms with E-state index in [1.165, 1.54) is 26.4 Å². The molecule has 2 saturated heterocycles. The molecule has 0 aliphatic carbocycles. The minimum Gasteiger partial charge on any atom is -0.447 e. The Bertz CT molecular complexity index is 3370. The third-order valence-electron chi connectivity index (χ3n) is 17.8. The first kappa shape index (κ1) is 116. The van der Waals surface area contributed by atoms with E-state index in [2.05, 4.69) is 31.3 Å². The molecule has 0 radical (unpaired) electrons. The normalized spacial score (nSPS) is 13.1. The maximum Gasteiger partial charge on any atom is 0.412 e. The van der Waals surface area contributed by atoms with Gasteiger partial charge in [-0.1, -0.05) is 77.0 Å². The number of nitrogens with one attached hydrogen (secondary N) is 4. The van der Waals surface area contributed by atoms with Gasteiger partial charge in [0.2, 0.25) is 12.2 Å². The van der Waals surface area contributed by atoms with Crippen LogP contribution in [0.15, 0.2) is 38.8 Å². The molecule has 2 aromatic rings. The van der Waals surface area contributed by atoms with Crippen molar-refractivity contribution in [1.29, 1.82) is 0 Å².